The normalized spacial score (nSPS) is 13.6. The van der Waals surface area contributed by atoms with Gasteiger partial charge >= 0.3 is 5.97 Å². The monoisotopic (exact) mass is 294 g/mol. The van der Waals surface area contributed by atoms with Crippen LogP contribution < -0.4 is 0 Å². The maximum atomic E-state index is 10.3. The zero-order valence-electron chi connectivity index (χ0n) is 13.2. The summed E-state index contributed by atoms with van der Waals surface area (Å²) >= 11 is 0. The molecule has 0 aromatic heterocycles. The van der Waals surface area contributed by atoms with E-state index < -0.39 is 12.1 Å². The van der Waals surface area contributed by atoms with Crippen LogP contribution in [0.4, 0.5) is 0 Å². The summed E-state index contributed by atoms with van der Waals surface area (Å²) in [7, 11) is 0. The molecule has 0 aliphatic heterocycles. The molecule has 0 bridgehead atoms. The van der Waals surface area contributed by atoms with Crippen molar-refractivity contribution in [2.75, 3.05) is 0 Å². The maximum Gasteiger partial charge on any atom is 0.306 e. The van der Waals surface area contributed by atoms with E-state index in [1.165, 1.54) is 44.6 Å². The van der Waals surface area contributed by atoms with E-state index in [1.807, 2.05) is 6.08 Å². The number of hydrogen-bond donors (Lipinski definition) is 2. The molecule has 120 valence electrons. The lowest BCUT2D eigenvalue weighted by Crippen LogP contribution is -2.09. The van der Waals surface area contributed by atoms with Gasteiger partial charge in [-0.2, -0.15) is 0 Å². The fourth-order valence-electron chi connectivity index (χ4n) is 1.95. The van der Waals surface area contributed by atoms with Crippen LogP contribution >= 0.6 is 0 Å². The lowest BCUT2D eigenvalue weighted by molar-refractivity contribution is -0.138. The van der Waals surface area contributed by atoms with Gasteiger partial charge in [0.15, 0.2) is 0 Å². The largest absolute Gasteiger partial charge is 0.481 e. The Morgan fingerprint density at radius 2 is 1.57 bits per heavy atom. The number of hydrogen-bond acceptors (Lipinski definition) is 2. The van der Waals surface area contributed by atoms with E-state index in [0.29, 0.717) is 0 Å². The third-order valence-corrected chi connectivity index (χ3v) is 3.11. The summed E-state index contributed by atoms with van der Waals surface area (Å²) in [5.74, 6) is -0.985. The molecule has 0 fully saturated rings. The van der Waals surface area contributed by atoms with Crippen LogP contribution in [0.3, 0.4) is 0 Å². The first kappa shape index (κ1) is 19.7. The van der Waals surface area contributed by atoms with E-state index in [4.69, 9.17) is 5.11 Å². The third-order valence-electron chi connectivity index (χ3n) is 3.11. The summed E-state index contributed by atoms with van der Waals surface area (Å²) in [6.45, 7) is 2.16. The SMILES string of the molecule is CC/C=C\CCCCCCC/C=C\C=C\C(O)CC(=O)O. The first-order chi connectivity index (χ1) is 10.2. The number of aliphatic hydroxyl groups is 1. The van der Waals surface area contributed by atoms with Gasteiger partial charge in [-0.3, -0.25) is 4.79 Å². The van der Waals surface area contributed by atoms with Gasteiger partial charge in [-0.05, 0) is 32.1 Å². The summed E-state index contributed by atoms with van der Waals surface area (Å²) in [5.41, 5.74) is 0. The smallest absolute Gasteiger partial charge is 0.306 e. The number of rotatable bonds is 13. The molecule has 1 unspecified atom stereocenters. The molecule has 2 N–H and O–H groups in total. The lowest BCUT2D eigenvalue weighted by Gasteiger charge is -1.99. The Kier molecular flexibility index (Phi) is 14.1. The van der Waals surface area contributed by atoms with Crippen LogP contribution in [0.25, 0.3) is 0 Å². The second kappa shape index (κ2) is 15.0. The van der Waals surface area contributed by atoms with Crippen molar-refractivity contribution in [1.82, 2.24) is 0 Å². The number of carbonyl (C=O) groups is 1. The summed E-state index contributed by atoms with van der Waals surface area (Å²) in [6, 6.07) is 0. The van der Waals surface area contributed by atoms with Crippen molar-refractivity contribution in [3.63, 3.8) is 0 Å². The quantitative estimate of drug-likeness (QED) is 0.296. The van der Waals surface area contributed by atoms with E-state index >= 15 is 0 Å². The zero-order chi connectivity index (χ0) is 15.8. The van der Waals surface area contributed by atoms with Crippen molar-refractivity contribution in [1.29, 1.82) is 0 Å². The number of aliphatic carboxylic acids is 1. The Bertz CT molecular complexity index is 329. The Labute approximate surface area is 129 Å². The lowest BCUT2D eigenvalue weighted by atomic mass is 10.1. The molecule has 21 heavy (non-hydrogen) atoms. The molecule has 0 saturated carbocycles. The average Bonchev–Trinajstić information content (AvgIpc) is 2.43. The van der Waals surface area contributed by atoms with Gasteiger partial charge in [-0.25, -0.2) is 0 Å². The van der Waals surface area contributed by atoms with Crippen molar-refractivity contribution < 1.29 is 15.0 Å². The average molecular weight is 294 g/mol. The molecule has 1 atom stereocenters. The highest BCUT2D eigenvalue weighted by atomic mass is 16.4. The van der Waals surface area contributed by atoms with E-state index in [9.17, 15) is 9.90 Å². The minimum atomic E-state index is -0.985. The Balaban J connectivity index is 3.38. The van der Waals surface area contributed by atoms with Crippen LogP contribution in [0, 0.1) is 0 Å². The molecule has 3 heteroatoms. The molecular weight excluding hydrogens is 264 g/mol. The fourth-order valence-corrected chi connectivity index (χ4v) is 1.95. The summed E-state index contributed by atoms with van der Waals surface area (Å²) in [4.78, 5) is 10.3. The molecule has 0 aromatic carbocycles. The highest BCUT2D eigenvalue weighted by Gasteiger charge is 2.03. The van der Waals surface area contributed by atoms with Gasteiger partial charge in [0.25, 0.3) is 0 Å². The molecule has 0 spiro atoms. The number of carboxylic acid groups (broad SMARTS) is 1. The van der Waals surface area contributed by atoms with E-state index in [0.717, 1.165) is 12.8 Å². The standard InChI is InChI=1S/C18H30O3/c1-2-3-4-5-6-7-8-9-10-11-12-13-14-15-17(19)16-18(20)21/h3-4,12-15,17,19H,2,5-11,16H2,1H3,(H,20,21)/b4-3-,13-12-,15-14+. The number of aliphatic hydroxyl groups excluding tert-OH is 1. The number of carboxylic acids is 1. The predicted molar refractivity (Wildman–Crippen MR) is 88.3 cm³/mol. The molecule has 0 heterocycles. The van der Waals surface area contributed by atoms with Gasteiger partial charge in [-0.1, -0.05) is 62.6 Å². The van der Waals surface area contributed by atoms with Crippen molar-refractivity contribution in [3.05, 3.63) is 36.5 Å². The van der Waals surface area contributed by atoms with Crippen LogP contribution in [-0.2, 0) is 4.79 Å². The van der Waals surface area contributed by atoms with Crippen LogP contribution in [0.2, 0.25) is 0 Å². The van der Waals surface area contributed by atoms with Crippen molar-refractivity contribution >= 4 is 5.97 Å². The molecule has 0 aliphatic carbocycles. The fraction of sp³-hybridized carbons (Fsp3) is 0.611. The summed E-state index contributed by atoms with van der Waals surface area (Å²) in [5, 5.41) is 17.8. The van der Waals surface area contributed by atoms with Gasteiger partial charge in [0.05, 0.1) is 12.5 Å². The van der Waals surface area contributed by atoms with Gasteiger partial charge < -0.3 is 10.2 Å². The second-order valence-electron chi connectivity index (χ2n) is 5.20. The van der Waals surface area contributed by atoms with Crippen molar-refractivity contribution in [3.8, 4) is 0 Å². The zero-order valence-corrected chi connectivity index (χ0v) is 13.2. The van der Waals surface area contributed by atoms with Gasteiger partial charge in [0.2, 0.25) is 0 Å². The van der Waals surface area contributed by atoms with Crippen molar-refractivity contribution in [2.24, 2.45) is 0 Å². The highest BCUT2D eigenvalue weighted by Crippen LogP contribution is 2.08. The van der Waals surface area contributed by atoms with Crippen LogP contribution in [0.5, 0.6) is 0 Å². The number of allylic oxidation sites excluding steroid dienone is 5. The third kappa shape index (κ3) is 16.6. The van der Waals surface area contributed by atoms with Gasteiger partial charge in [-0.15, -0.1) is 0 Å². The van der Waals surface area contributed by atoms with Crippen LogP contribution in [-0.4, -0.2) is 22.3 Å². The topological polar surface area (TPSA) is 57.5 Å². The Hall–Kier alpha value is -1.35. The van der Waals surface area contributed by atoms with Gasteiger partial charge in [0.1, 0.15) is 0 Å². The second-order valence-corrected chi connectivity index (χ2v) is 5.20. The maximum absolute atomic E-state index is 10.3. The first-order valence-electron chi connectivity index (χ1n) is 8.05. The van der Waals surface area contributed by atoms with E-state index in [2.05, 4.69) is 25.2 Å². The van der Waals surface area contributed by atoms with Crippen LogP contribution in [0.15, 0.2) is 36.5 Å². The Morgan fingerprint density at radius 1 is 0.952 bits per heavy atom. The molecule has 0 amide bonds. The highest BCUT2D eigenvalue weighted by molar-refractivity contribution is 5.67. The van der Waals surface area contributed by atoms with E-state index in [-0.39, 0.29) is 6.42 Å². The molecule has 0 rings (SSSR count). The summed E-state index contributed by atoms with van der Waals surface area (Å²) < 4.78 is 0. The molecule has 0 aromatic rings. The first-order valence-corrected chi connectivity index (χ1v) is 8.05. The Morgan fingerprint density at radius 3 is 2.19 bits per heavy atom. The van der Waals surface area contributed by atoms with Gasteiger partial charge in [0, 0.05) is 0 Å². The molecule has 0 radical (unpaired) electrons. The summed E-state index contributed by atoms with van der Waals surface area (Å²) in [6.07, 6.45) is 20.2. The molecule has 0 aliphatic rings. The minimum absolute atomic E-state index is 0.238. The molecular formula is C18H30O3. The molecule has 0 saturated heterocycles. The van der Waals surface area contributed by atoms with Crippen molar-refractivity contribution in [2.45, 2.75) is 70.8 Å². The number of unbranched alkanes of at least 4 members (excludes halogenated alkanes) is 6. The minimum Gasteiger partial charge on any atom is -0.481 e. The van der Waals surface area contributed by atoms with Crippen LogP contribution in [0.1, 0.15) is 64.7 Å². The van der Waals surface area contributed by atoms with E-state index in [1.54, 1.807) is 6.08 Å². The molecule has 3 nitrogen and oxygen atoms in total. The predicted octanol–water partition coefficient (Wildman–Crippen LogP) is 4.63.